The Morgan fingerprint density at radius 2 is 1.81 bits per heavy atom. The van der Waals surface area contributed by atoms with Gasteiger partial charge in [0, 0.05) is 12.5 Å². The largest absolute Gasteiger partial charge is 0.496 e. The van der Waals surface area contributed by atoms with Gasteiger partial charge in [0.05, 0.1) is 6.26 Å². The number of likely N-dealkylation sites (N-methyl/N-ethyl adjacent to an activating group) is 1. The molecule has 0 aliphatic carbocycles. The quantitative estimate of drug-likeness (QED) is 0.535. The van der Waals surface area contributed by atoms with E-state index in [9.17, 15) is 9.59 Å². The Morgan fingerprint density at radius 1 is 1.24 bits per heavy atom. The molecule has 8 heteroatoms. The lowest BCUT2D eigenvalue weighted by atomic mass is 10.1. The van der Waals surface area contributed by atoms with Gasteiger partial charge in [0.25, 0.3) is 0 Å². The number of aliphatic hydroxyl groups is 2. The Labute approximate surface area is 122 Å². The average molecular weight is 303 g/mol. The predicted molar refractivity (Wildman–Crippen MR) is 71.6 cm³/mol. The van der Waals surface area contributed by atoms with Gasteiger partial charge >= 0.3 is 11.9 Å². The zero-order valence-electron chi connectivity index (χ0n) is 11.8. The van der Waals surface area contributed by atoms with Crippen LogP contribution in [0.4, 0.5) is 0 Å². The topological polar surface area (TPSA) is 128 Å². The third kappa shape index (κ3) is 5.00. The average Bonchev–Trinajstić information content (AvgIpc) is 3.07. The first-order valence-electron chi connectivity index (χ1n) is 6.67. The Hall–Kier alpha value is -1.64. The van der Waals surface area contributed by atoms with Gasteiger partial charge in [0.2, 0.25) is 0 Å². The van der Waals surface area contributed by atoms with Crippen molar-refractivity contribution in [3.8, 4) is 0 Å². The standard InChI is InChI=1S/C9H15NO.C4H6O6/c1-10-6-2-4-8(10)9-5-3-7-11-9;5-1(3(7)8)2(6)4(9)10/h3,7-9H,2,4-6H2,1H3;1-2,5-6H,(H,7,8)(H,9,10)/t8?,9-;/m0./s1. The van der Waals surface area contributed by atoms with Crippen LogP contribution in [-0.4, -0.2) is 75.2 Å². The second-order valence-electron chi connectivity index (χ2n) is 5.04. The number of likely N-dealkylation sites (tertiary alicyclic amines) is 1. The molecule has 1 fully saturated rings. The molecule has 2 heterocycles. The number of hydrogen-bond acceptors (Lipinski definition) is 6. The first-order chi connectivity index (χ1) is 9.84. The second kappa shape index (κ2) is 7.96. The molecule has 0 bridgehead atoms. The smallest absolute Gasteiger partial charge is 0.335 e. The van der Waals surface area contributed by atoms with E-state index in [4.69, 9.17) is 25.2 Å². The summed E-state index contributed by atoms with van der Waals surface area (Å²) < 4.78 is 5.49. The molecule has 4 N–H and O–H groups in total. The number of carbonyl (C=O) groups is 2. The van der Waals surface area contributed by atoms with Gasteiger partial charge in [-0.1, -0.05) is 0 Å². The van der Waals surface area contributed by atoms with Crippen molar-refractivity contribution in [2.45, 2.75) is 43.6 Å². The van der Waals surface area contributed by atoms with E-state index in [1.54, 1.807) is 0 Å². The molecule has 8 nitrogen and oxygen atoms in total. The Balaban J connectivity index is 0.000000212. The normalized spacial score (nSPS) is 27.4. The van der Waals surface area contributed by atoms with E-state index in [0.29, 0.717) is 12.1 Å². The third-order valence-electron chi connectivity index (χ3n) is 3.53. The van der Waals surface area contributed by atoms with Crippen LogP contribution >= 0.6 is 0 Å². The Morgan fingerprint density at radius 3 is 2.14 bits per heavy atom. The maximum Gasteiger partial charge on any atom is 0.335 e. The molecule has 2 aliphatic heterocycles. The van der Waals surface area contributed by atoms with Crippen LogP contribution in [0.5, 0.6) is 0 Å². The number of carboxylic acid groups (broad SMARTS) is 2. The highest BCUT2D eigenvalue weighted by atomic mass is 16.5. The van der Waals surface area contributed by atoms with Gasteiger partial charge in [-0.3, -0.25) is 4.90 Å². The number of ether oxygens (including phenoxy) is 1. The lowest BCUT2D eigenvalue weighted by molar-refractivity contribution is -0.165. The fourth-order valence-corrected chi connectivity index (χ4v) is 2.33. The molecule has 0 spiro atoms. The number of aliphatic hydroxyl groups excluding tert-OH is 2. The molecule has 0 amide bonds. The van der Waals surface area contributed by atoms with Crippen molar-refractivity contribution >= 4 is 11.9 Å². The van der Waals surface area contributed by atoms with Crippen LogP contribution in [0, 0.1) is 0 Å². The Bertz CT molecular complexity index is 372. The summed E-state index contributed by atoms with van der Waals surface area (Å²) in [6.45, 7) is 1.24. The fraction of sp³-hybridized carbons (Fsp3) is 0.692. The van der Waals surface area contributed by atoms with Crippen LogP contribution in [0.15, 0.2) is 12.3 Å². The lowest BCUT2D eigenvalue weighted by Crippen LogP contribution is -2.39. The summed E-state index contributed by atoms with van der Waals surface area (Å²) in [4.78, 5) is 22.0. The molecule has 0 saturated carbocycles. The van der Waals surface area contributed by atoms with Crippen molar-refractivity contribution in [1.29, 1.82) is 0 Å². The van der Waals surface area contributed by atoms with Gasteiger partial charge in [0.15, 0.2) is 12.2 Å². The number of carboxylic acids is 2. The van der Waals surface area contributed by atoms with Crippen LogP contribution < -0.4 is 0 Å². The number of hydrogen-bond donors (Lipinski definition) is 4. The van der Waals surface area contributed by atoms with Crippen molar-refractivity contribution < 1.29 is 34.8 Å². The van der Waals surface area contributed by atoms with E-state index in [0.717, 1.165) is 6.42 Å². The van der Waals surface area contributed by atoms with Gasteiger partial charge in [0.1, 0.15) is 6.10 Å². The minimum Gasteiger partial charge on any atom is -0.496 e. The summed E-state index contributed by atoms with van der Waals surface area (Å²) in [5.41, 5.74) is 0. The summed E-state index contributed by atoms with van der Waals surface area (Å²) in [6, 6.07) is 0.671. The van der Waals surface area contributed by atoms with Crippen LogP contribution in [0.1, 0.15) is 19.3 Å². The van der Waals surface area contributed by atoms with E-state index in [1.165, 1.54) is 19.4 Å². The molecule has 21 heavy (non-hydrogen) atoms. The molecule has 120 valence electrons. The van der Waals surface area contributed by atoms with Crippen LogP contribution in [0.2, 0.25) is 0 Å². The first-order valence-corrected chi connectivity index (χ1v) is 6.67. The summed E-state index contributed by atoms with van der Waals surface area (Å²) in [7, 11) is 2.19. The number of rotatable bonds is 4. The van der Waals surface area contributed by atoms with Gasteiger partial charge in [-0.15, -0.1) is 0 Å². The molecular formula is C13H21NO7. The SMILES string of the molecule is CN1CCCC1[C@@H]1CC=CO1.O=C(O)C(O)C(O)C(=O)O. The molecular weight excluding hydrogens is 282 g/mol. The van der Waals surface area contributed by atoms with Gasteiger partial charge in [-0.2, -0.15) is 0 Å². The highest BCUT2D eigenvalue weighted by Crippen LogP contribution is 2.24. The van der Waals surface area contributed by atoms with Crippen molar-refractivity contribution in [3.05, 3.63) is 12.3 Å². The molecule has 4 atom stereocenters. The minimum absolute atomic E-state index is 0.447. The molecule has 0 radical (unpaired) electrons. The monoisotopic (exact) mass is 303 g/mol. The molecule has 0 aromatic carbocycles. The highest BCUT2D eigenvalue weighted by molar-refractivity contribution is 5.83. The maximum absolute atomic E-state index is 9.77. The minimum atomic E-state index is -2.27. The lowest BCUT2D eigenvalue weighted by Gasteiger charge is -2.24. The first kappa shape index (κ1) is 17.4. The highest BCUT2D eigenvalue weighted by Gasteiger charge is 2.31. The number of aliphatic carboxylic acids is 2. The Kier molecular flexibility index (Phi) is 6.60. The van der Waals surface area contributed by atoms with E-state index >= 15 is 0 Å². The van der Waals surface area contributed by atoms with Crippen molar-refractivity contribution in [3.63, 3.8) is 0 Å². The fourth-order valence-electron chi connectivity index (χ4n) is 2.33. The van der Waals surface area contributed by atoms with Crippen molar-refractivity contribution in [1.82, 2.24) is 4.90 Å². The van der Waals surface area contributed by atoms with Crippen LogP contribution in [0.25, 0.3) is 0 Å². The van der Waals surface area contributed by atoms with Gasteiger partial charge in [-0.25, -0.2) is 9.59 Å². The zero-order valence-corrected chi connectivity index (χ0v) is 11.8. The van der Waals surface area contributed by atoms with E-state index in [-0.39, 0.29) is 0 Å². The predicted octanol–water partition coefficient (Wildman–Crippen LogP) is -0.739. The molecule has 3 unspecified atom stereocenters. The van der Waals surface area contributed by atoms with Crippen LogP contribution in [-0.2, 0) is 14.3 Å². The van der Waals surface area contributed by atoms with E-state index in [1.807, 2.05) is 6.26 Å². The van der Waals surface area contributed by atoms with Gasteiger partial charge in [-0.05, 0) is 32.5 Å². The molecule has 0 aromatic heterocycles. The molecule has 2 rings (SSSR count). The summed E-state index contributed by atoms with van der Waals surface area (Å²) in [6.07, 6.45) is 3.63. The maximum atomic E-state index is 9.77. The summed E-state index contributed by atoms with van der Waals surface area (Å²) >= 11 is 0. The molecule has 0 aromatic rings. The summed E-state index contributed by atoms with van der Waals surface area (Å²) in [5.74, 6) is -3.54. The van der Waals surface area contributed by atoms with Crippen molar-refractivity contribution in [2.75, 3.05) is 13.6 Å². The molecule has 2 aliphatic rings. The number of nitrogens with zero attached hydrogens (tertiary/aromatic N) is 1. The van der Waals surface area contributed by atoms with E-state index in [2.05, 4.69) is 18.0 Å². The second-order valence-corrected chi connectivity index (χ2v) is 5.04. The van der Waals surface area contributed by atoms with Gasteiger partial charge < -0.3 is 25.2 Å². The van der Waals surface area contributed by atoms with Crippen molar-refractivity contribution in [2.24, 2.45) is 0 Å². The third-order valence-corrected chi connectivity index (χ3v) is 3.53. The van der Waals surface area contributed by atoms with E-state index < -0.39 is 24.1 Å². The van der Waals surface area contributed by atoms with Crippen LogP contribution in [0.3, 0.4) is 0 Å². The summed E-state index contributed by atoms with van der Waals surface area (Å²) in [5, 5.41) is 32.5. The zero-order chi connectivity index (χ0) is 16.0. The molecule has 1 saturated heterocycles.